The largest absolute Gasteiger partial charge is 0.481 e. The highest BCUT2D eigenvalue weighted by molar-refractivity contribution is 5.74. The van der Waals surface area contributed by atoms with Crippen LogP contribution in [0.2, 0.25) is 0 Å². The van der Waals surface area contributed by atoms with Gasteiger partial charge in [-0.05, 0) is 6.42 Å². The lowest BCUT2D eigenvalue weighted by Gasteiger charge is -2.21. The number of nitrogens with zero attached hydrogens (tertiary/aromatic N) is 1. The molecule has 0 fully saturated rings. The molecule has 1 rings (SSSR count). The first-order valence-corrected chi connectivity index (χ1v) is 6.70. The number of aromatic nitrogens is 2. The van der Waals surface area contributed by atoms with Crippen LogP contribution in [0.4, 0.5) is 0 Å². The van der Waals surface area contributed by atoms with Crippen molar-refractivity contribution < 1.29 is 19.8 Å². The molecule has 0 bridgehead atoms. The quantitative estimate of drug-likeness (QED) is 0.510. The van der Waals surface area contributed by atoms with Crippen LogP contribution >= 0.6 is 0 Å². The molecule has 0 saturated carbocycles. The molecule has 0 spiro atoms. The summed E-state index contributed by atoms with van der Waals surface area (Å²) in [6.45, 7) is 2.01. The molecule has 20 heavy (non-hydrogen) atoms. The lowest BCUT2D eigenvalue weighted by atomic mass is 10.0. The fraction of sp³-hybridized carbons (Fsp3) is 0.615. The van der Waals surface area contributed by atoms with Gasteiger partial charge in [-0.3, -0.25) is 9.59 Å². The second-order valence-electron chi connectivity index (χ2n) is 4.78. The summed E-state index contributed by atoms with van der Waals surface area (Å²) in [7, 11) is 0. The van der Waals surface area contributed by atoms with Crippen LogP contribution in [0, 0.1) is 0 Å². The molecule has 7 heteroatoms. The van der Waals surface area contributed by atoms with E-state index in [0.717, 1.165) is 12.8 Å². The van der Waals surface area contributed by atoms with Crippen molar-refractivity contribution in [1.29, 1.82) is 0 Å². The van der Waals surface area contributed by atoms with Crippen molar-refractivity contribution in [3.05, 3.63) is 18.2 Å². The summed E-state index contributed by atoms with van der Waals surface area (Å²) in [4.78, 5) is 28.8. The molecule has 0 radical (unpaired) electrons. The van der Waals surface area contributed by atoms with Gasteiger partial charge in [-0.15, -0.1) is 0 Å². The monoisotopic (exact) mass is 283 g/mol. The number of rotatable bonds is 10. The highest BCUT2D eigenvalue weighted by Gasteiger charge is 2.23. The number of imidazole rings is 1. The number of carboxylic acids is 2. The summed E-state index contributed by atoms with van der Waals surface area (Å²) in [6, 6.07) is -1.16. The van der Waals surface area contributed by atoms with Crippen molar-refractivity contribution in [3.8, 4) is 0 Å². The predicted octanol–water partition coefficient (Wildman–Crippen LogP) is 1.03. The van der Waals surface area contributed by atoms with Gasteiger partial charge in [0, 0.05) is 24.4 Å². The molecule has 0 aliphatic rings. The average Bonchev–Trinajstić information content (AvgIpc) is 2.87. The number of hydrogen-bond acceptors (Lipinski definition) is 4. The molecule has 1 heterocycles. The molecular weight excluding hydrogens is 262 g/mol. The molecule has 2 unspecified atom stereocenters. The first kappa shape index (κ1) is 16.2. The van der Waals surface area contributed by atoms with Crippen molar-refractivity contribution in [1.82, 2.24) is 15.3 Å². The van der Waals surface area contributed by atoms with Gasteiger partial charge in [0.25, 0.3) is 0 Å². The Bertz CT molecular complexity index is 419. The molecule has 0 amide bonds. The van der Waals surface area contributed by atoms with Crippen molar-refractivity contribution >= 4 is 11.9 Å². The molecule has 2 atom stereocenters. The molecule has 112 valence electrons. The first-order valence-electron chi connectivity index (χ1n) is 6.70. The second kappa shape index (κ2) is 8.31. The number of hydrogen-bond donors (Lipinski definition) is 4. The highest BCUT2D eigenvalue weighted by Crippen LogP contribution is 2.08. The van der Waals surface area contributed by atoms with E-state index in [1.54, 1.807) is 6.20 Å². The van der Waals surface area contributed by atoms with Crippen LogP contribution in [0.3, 0.4) is 0 Å². The predicted molar refractivity (Wildman–Crippen MR) is 72.4 cm³/mol. The minimum absolute atomic E-state index is 0.0766. The number of carboxylic acid groups (broad SMARTS) is 2. The molecule has 7 nitrogen and oxygen atoms in total. The van der Waals surface area contributed by atoms with Crippen molar-refractivity contribution in [2.45, 2.75) is 51.1 Å². The average molecular weight is 283 g/mol. The summed E-state index contributed by atoms with van der Waals surface area (Å²) in [5.41, 5.74) is 0.703. The summed E-state index contributed by atoms with van der Waals surface area (Å²) >= 11 is 0. The topological polar surface area (TPSA) is 115 Å². The summed E-state index contributed by atoms with van der Waals surface area (Å²) in [6.07, 6.45) is 5.67. The Morgan fingerprint density at radius 2 is 2.20 bits per heavy atom. The number of aliphatic carboxylic acids is 2. The summed E-state index contributed by atoms with van der Waals surface area (Å²) in [5, 5.41) is 21.1. The van der Waals surface area contributed by atoms with Gasteiger partial charge in [-0.2, -0.15) is 0 Å². The molecule has 0 aliphatic carbocycles. The number of nitrogens with one attached hydrogen (secondary N) is 2. The number of H-pyrrole nitrogens is 1. The molecule has 0 saturated heterocycles. The van der Waals surface area contributed by atoms with Gasteiger partial charge < -0.3 is 20.5 Å². The van der Waals surface area contributed by atoms with Crippen LogP contribution in [-0.4, -0.2) is 44.2 Å². The first-order chi connectivity index (χ1) is 9.52. The molecule has 1 aromatic rings. The summed E-state index contributed by atoms with van der Waals surface area (Å²) < 4.78 is 0. The Labute approximate surface area is 117 Å². The molecule has 4 N–H and O–H groups in total. The van der Waals surface area contributed by atoms with Crippen LogP contribution in [-0.2, 0) is 16.0 Å². The minimum Gasteiger partial charge on any atom is -0.481 e. The van der Waals surface area contributed by atoms with E-state index < -0.39 is 18.0 Å². The fourth-order valence-corrected chi connectivity index (χ4v) is 2.02. The molecule has 0 aromatic carbocycles. The van der Waals surface area contributed by atoms with Gasteiger partial charge in [0.1, 0.15) is 6.04 Å². The lowest BCUT2D eigenvalue weighted by molar-refractivity contribution is -0.141. The maximum atomic E-state index is 11.3. The zero-order valence-corrected chi connectivity index (χ0v) is 11.5. The minimum atomic E-state index is -0.994. The van der Waals surface area contributed by atoms with Crippen molar-refractivity contribution in [2.24, 2.45) is 0 Å². The van der Waals surface area contributed by atoms with Gasteiger partial charge in [0.15, 0.2) is 0 Å². The zero-order chi connectivity index (χ0) is 15.0. The standard InChI is InChI=1S/C13H21N3O4/c1-2-3-4-9(6-12(17)18)16-11(13(19)20)5-10-7-14-8-15-10/h7-9,11,16H,2-6H2,1H3,(H,14,15)(H,17,18)(H,19,20). The van der Waals surface area contributed by atoms with Crippen LogP contribution in [0.5, 0.6) is 0 Å². The Hall–Kier alpha value is -1.89. The van der Waals surface area contributed by atoms with Crippen LogP contribution in [0.25, 0.3) is 0 Å². The third-order valence-electron chi connectivity index (χ3n) is 3.04. The van der Waals surface area contributed by atoms with Crippen LogP contribution in [0.15, 0.2) is 12.5 Å². The third-order valence-corrected chi connectivity index (χ3v) is 3.04. The Balaban J connectivity index is 2.63. The van der Waals surface area contributed by atoms with Gasteiger partial charge in [-0.1, -0.05) is 19.8 Å². The van der Waals surface area contributed by atoms with E-state index in [1.807, 2.05) is 6.92 Å². The normalized spacial score (nSPS) is 13.8. The van der Waals surface area contributed by atoms with Gasteiger partial charge in [-0.25, -0.2) is 4.98 Å². The molecule has 0 aliphatic heterocycles. The fourth-order valence-electron chi connectivity index (χ4n) is 2.02. The molecule has 1 aromatic heterocycles. The molecular formula is C13H21N3O4. The van der Waals surface area contributed by atoms with E-state index in [0.29, 0.717) is 12.1 Å². The van der Waals surface area contributed by atoms with E-state index in [9.17, 15) is 14.7 Å². The second-order valence-corrected chi connectivity index (χ2v) is 4.78. The Kier molecular flexibility index (Phi) is 6.72. The van der Waals surface area contributed by atoms with Crippen molar-refractivity contribution in [2.75, 3.05) is 0 Å². The van der Waals surface area contributed by atoms with E-state index >= 15 is 0 Å². The maximum absolute atomic E-state index is 11.3. The van der Waals surface area contributed by atoms with Crippen LogP contribution < -0.4 is 5.32 Å². The maximum Gasteiger partial charge on any atom is 0.321 e. The number of carbonyl (C=O) groups is 2. The third kappa shape index (κ3) is 5.83. The van der Waals surface area contributed by atoms with Crippen LogP contribution in [0.1, 0.15) is 38.3 Å². The van der Waals surface area contributed by atoms with E-state index in [2.05, 4.69) is 15.3 Å². The van der Waals surface area contributed by atoms with E-state index in [1.165, 1.54) is 6.33 Å². The van der Waals surface area contributed by atoms with E-state index in [-0.39, 0.29) is 18.9 Å². The van der Waals surface area contributed by atoms with Crippen molar-refractivity contribution in [3.63, 3.8) is 0 Å². The van der Waals surface area contributed by atoms with Gasteiger partial charge in [0.2, 0.25) is 0 Å². The smallest absolute Gasteiger partial charge is 0.321 e. The van der Waals surface area contributed by atoms with Gasteiger partial charge in [0.05, 0.1) is 12.7 Å². The Morgan fingerprint density at radius 3 is 2.70 bits per heavy atom. The zero-order valence-electron chi connectivity index (χ0n) is 11.5. The number of aromatic amines is 1. The summed E-state index contributed by atoms with van der Waals surface area (Å²) in [5.74, 6) is -1.92. The number of unbranched alkanes of at least 4 members (excludes halogenated alkanes) is 1. The Morgan fingerprint density at radius 1 is 1.45 bits per heavy atom. The van der Waals surface area contributed by atoms with E-state index in [4.69, 9.17) is 5.11 Å². The van der Waals surface area contributed by atoms with Gasteiger partial charge >= 0.3 is 11.9 Å². The highest BCUT2D eigenvalue weighted by atomic mass is 16.4. The SMILES string of the molecule is CCCCC(CC(=O)O)NC(Cc1cnc[nH]1)C(=O)O. The lowest BCUT2D eigenvalue weighted by Crippen LogP contribution is -2.45.